The lowest BCUT2D eigenvalue weighted by molar-refractivity contribution is -0.123. The number of methoxy groups -OCH3 is 1. The van der Waals surface area contributed by atoms with E-state index in [2.05, 4.69) is 5.32 Å². The molecule has 5 nitrogen and oxygen atoms in total. The smallest absolute Gasteiger partial charge is 0.264 e. The zero-order chi connectivity index (χ0) is 18.3. The van der Waals surface area contributed by atoms with Gasteiger partial charge in [-0.05, 0) is 61.8 Å². The molecule has 2 amide bonds. The first-order valence-corrected chi connectivity index (χ1v) is 10.0. The number of aryl methyl sites for hydroxylation is 1. The van der Waals surface area contributed by atoms with Crippen molar-refractivity contribution >= 4 is 33.2 Å². The Labute approximate surface area is 157 Å². The average Bonchev–Trinajstić information content (AvgIpc) is 3.46. The lowest BCUT2D eigenvalue weighted by Gasteiger charge is -2.32. The van der Waals surface area contributed by atoms with E-state index in [-0.39, 0.29) is 23.8 Å². The summed E-state index contributed by atoms with van der Waals surface area (Å²) in [6, 6.07) is 6.15. The summed E-state index contributed by atoms with van der Waals surface area (Å²) in [5.74, 6) is 1.36. The van der Waals surface area contributed by atoms with Crippen molar-refractivity contribution in [2.75, 3.05) is 20.2 Å². The number of hydrogen-bond donors (Lipinski definition) is 1. The van der Waals surface area contributed by atoms with E-state index in [1.165, 1.54) is 0 Å². The maximum atomic E-state index is 13.0. The molecule has 0 unspecified atom stereocenters. The van der Waals surface area contributed by atoms with Gasteiger partial charge in [-0.15, -0.1) is 11.3 Å². The van der Waals surface area contributed by atoms with E-state index in [1.54, 1.807) is 18.4 Å². The van der Waals surface area contributed by atoms with Gasteiger partial charge >= 0.3 is 0 Å². The number of likely N-dealkylation sites (tertiary alicyclic amines) is 1. The minimum Gasteiger partial charge on any atom is -0.497 e. The van der Waals surface area contributed by atoms with E-state index in [0.717, 1.165) is 52.0 Å². The van der Waals surface area contributed by atoms with Gasteiger partial charge in [0.05, 0.1) is 12.0 Å². The normalized spacial score (nSPS) is 18.2. The predicted molar refractivity (Wildman–Crippen MR) is 103 cm³/mol. The van der Waals surface area contributed by atoms with Crippen LogP contribution in [0.1, 0.15) is 40.9 Å². The summed E-state index contributed by atoms with van der Waals surface area (Å²) in [7, 11) is 1.65. The van der Waals surface area contributed by atoms with E-state index in [1.807, 2.05) is 30.0 Å². The van der Waals surface area contributed by atoms with Gasteiger partial charge in [0.1, 0.15) is 5.75 Å². The molecule has 2 aromatic rings. The highest BCUT2D eigenvalue weighted by Crippen LogP contribution is 2.34. The number of carbonyl (C=O) groups excluding carboxylic acids is 2. The van der Waals surface area contributed by atoms with Crippen molar-refractivity contribution in [2.45, 2.75) is 38.6 Å². The fourth-order valence-corrected chi connectivity index (χ4v) is 4.72. The zero-order valence-corrected chi connectivity index (χ0v) is 16.0. The van der Waals surface area contributed by atoms with Gasteiger partial charge in [-0.25, -0.2) is 0 Å². The van der Waals surface area contributed by atoms with Crippen LogP contribution in [0, 0.1) is 12.8 Å². The van der Waals surface area contributed by atoms with Gasteiger partial charge in [-0.1, -0.05) is 0 Å². The molecule has 1 saturated carbocycles. The lowest BCUT2D eigenvalue weighted by atomic mass is 10.0. The summed E-state index contributed by atoms with van der Waals surface area (Å²) in [6.45, 7) is 3.41. The van der Waals surface area contributed by atoms with Crippen LogP contribution in [0.4, 0.5) is 0 Å². The highest BCUT2D eigenvalue weighted by molar-refractivity contribution is 7.21. The highest BCUT2D eigenvalue weighted by Gasteiger charge is 2.32. The number of piperidine rings is 1. The Kier molecular flexibility index (Phi) is 4.61. The number of hydrogen-bond acceptors (Lipinski definition) is 4. The van der Waals surface area contributed by atoms with Crippen molar-refractivity contribution in [3.63, 3.8) is 0 Å². The lowest BCUT2D eigenvalue weighted by Crippen LogP contribution is -2.46. The molecule has 1 aromatic heterocycles. The molecule has 1 aromatic carbocycles. The number of benzene rings is 1. The molecule has 0 atom stereocenters. The van der Waals surface area contributed by atoms with Crippen LogP contribution in [0.2, 0.25) is 0 Å². The monoisotopic (exact) mass is 372 g/mol. The fraction of sp³-hybridized carbons (Fsp3) is 0.500. The van der Waals surface area contributed by atoms with Gasteiger partial charge in [-0.2, -0.15) is 0 Å². The van der Waals surface area contributed by atoms with Gasteiger partial charge in [0, 0.05) is 29.7 Å². The number of amides is 2. The Hall–Kier alpha value is -2.08. The summed E-state index contributed by atoms with van der Waals surface area (Å²) in [5.41, 5.74) is 1.03. The van der Waals surface area contributed by atoms with Crippen molar-refractivity contribution in [1.29, 1.82) is 0 Å². The number of ether oxygens (including phenoxy) is 1. The molecule has 2 heterocycles. The van der Waals surface area contributed by atoms with Crippen LogP contribution in [0.5, 0.6) is 5.75 Å². The Morgan fingerprint density at radius 2 is 1.92 bits per heavy atom. The third-order valence-electron chi connectivity index (χ3n) is 5.41. The van der Waals surface area contributed by atoms with Gasteiger partial charge in [0.2, 0.25) is 5.91 Å². The van der Waals surface area contributed by atoms with Gasteiger partial charge < -0.3 is 15.0 Å². The molecule has 1 aliphatic carbocycles. The molecule has 26 heavy (non-hydrogen) atoms. The van der Waals surface area contributed by atoms with Gasteiger partial charge in [0.15, 0.2) is 0 Å². The number of thiophene rings is 1. The molecular formula is C20H24N2O3S. The van der Waals surface area contributed by atoms with Crippen LogP contribution in [-0.4, -0.2) is 43.0 Å². The SMILES string of the molecule is COc1ccc2sc(C(=O)N3CCC(NC(=O)C4CC4)CC3)c(C)c2c1. The number of rotatable bonds is 4. The van der Waals surface area contributed by atoms with Gasteiger partial charge in [-0.3, -0.25) is 9.59 Å². The molecule has 2 fully saturated rings. The summed E-state index contributed by atoms with van der Waals surface area (Å²) in [6.07, 6.45) is 3.72. The molecular weight excluding hydrogens is 348 g/mol. The standard InChI is InChI=1S/C20H24N2O3S/c1-12-16-11-15(25-2)5-6-17(16)26-18(12)20(24)22-9-7-14(8-10-22)21-19(23)13-3-4-13/h5-6,11,13-14H,3-4,7-10H2,1-2H3,(H,21,23). The maximum Gasteiger partial charge on any atom is 0.264 e. The van der Waals surface area contributed by atoms with Crippen LogP contribution in [0.3, 0.4) is 0 Å². The number of nitrogens with one attached hydrogen (secondary N) is 1. The Morgan fingerprint density at radius 3 is 2.58 bits per heavy atom. The fourth-order valence-electron chi connectivity index (χ4n) is 3.57. The molecule has 0 radical (unpaired) electrons. The first-order chi connectivity index (χ1) is 12.6. The number of nitrogens with zero attached hydrogens (tertiary/aromatic N) is 1. The second-order valence-corrected chi connectivity index (χ2v) is 8.32. The van der Waals surface area contributed by atoms with Crippen LogP contribution >= 0.6 is 11.3 Å². The van der Waals surface area contributed by atoms with Crippen molar-refractivity contribution < 1.29 is 14.3 Å². The molecule has 1 aliphatic heterocycles. The minimum atomic E-state index is 0.106. The van der Waals surface area contributed by atoms with Crippen molar-refractivity contribution in [1.82, 2.24) is 10.2 Å². The van der Waals surface area contributed by atoms with E-state index < -0.39 is 0 Å². The summed E-state index contributed by atoms with van der Waals surface area (Å²) >= 11 is 1.55. The van der Waals surface area contributed by atoms with E-state index in [9.17, 15) is 9.59 Å². The summed E-state index contributed by atoms with van der Waals surface area (Å²) in [5, 5.41) is 4.22. The summed E-state index contributed by atoms with van der Waals surface area (Å²) < 4.78 is 6.41. The topological polar surface area (TPSA) is 58.6 Å². The zero-order valence-electron chi connectivity index (χ0n) is 15.2. The Bertz CT molecular complexity index is 848. The predicted octanol–water partition coefficient (Wildman–Crippen LogP) is 3.35. The number of fused-ring (bicyclic) bond motifs is 1. The number of carbonyl (C=O) groups is 2. The van der Waals surface area contributed by atoms with Crippen LogP contribution in [0.15, 0.2) is 18.2 Å². The Balaban J connectivity index is 1.44. The molecule has 6 heteroatoms. The second kappa shape index (κ2) is 6.91. The molecule has 0 bridgehead atoms. The van der Waals surface area contributed by atoms with Crippen molar-refractivity contribution in [2.24, 2.45) is 5.92 Å². The first kappa shape index (κ1) is 17.3. The molecule has 4 rings (SSSR count). The molecule has 0 spiro atoms. The summed E-state index contributed by atoms with van der Waals surface area (Å²) in [4.78, 5) is 27.7. The van der Waals surface area contributed by atoms with Crippen molar-refractivity contribution in [3.05, 3.63) is 28.6 Å². The van der Waals surface area contributed by atoms with E-state index in [4.69, 9.17) is 4.74 Å². The van der Waals surface area contributed by atoms with E-state index in [0.29, 0.717) is 13.1 Å². The van der Waals surface area contributed by atoms with Gasteiger partial charge in [0.25, 0.3) is 5.91 Å². The molecule has 1 N–H and O–H groups in total. The minimum absolute atomic E-state index is 0.106. The highest BCUT2D eigenvalue weighted by atomic mass is 32.1. The van der Waals surface area contributed by atoms with Crippen LogP contribution in [-0.2, 0) is 4.79 Å². The van der Waals surface area contributed by atoms with Crippen LogP contribution in [0.25, 0.3) is 10.1 Å². The third kappa shape index (κ3) is 3.30. The molecule has 2 aliphatic rings. The molecule has 138 valence electrons. The largest absolute Gasteiger partial charge is 0.497 e. The van der Waals surface area contributed by atoms with Crippen LogP contribution < -0.4 is 10.1 Å². The van der Waals surface area contributed by atoms with Crippen molar-refractivity contribution in [3.8, 4) is 5.75 Å². The first-order valence-electron chi connectivity index (χ1n) is 9.23. The third-order valence-corrected chi connectivity index (χ3v) is 6.68. The maximum absolute atomic E-state index is 13.0. The molecule has 1 saturated heterocycles. The average molecular weight is 372 g/mol. The van der Waals surface area contributed by atoms with E-state index >= 15 is 0 Å². The quantitative estimate of drug-likeness (QED) is 0.895. The Morgan fingerprint density at radius 1 is 1.19 bits per heavy atom. The second-order valence-electron chi connectivity index (χ2n) is 7.27.